The van der Waals surface area contributed by atoms with Crippen LogP contribution in [0.25, 0.3) is 0 Å². The summed E-state index contributed by atoms with van der Waals surface area (Å²) in [6.07, 6.45) is 0.0356. The Balaban J connectivity index is 2.13. The Hall–Kier alpha value is -2.00. The number of benzene rings is 2. The maximum atomic E-state index is 12.5. The molecule has 0 radical (unpaired) electrons. The predicted molar refractivity (Wildman–Crippen MR) is 95.4 cm³/mol. The predicted octanol–water partition coefficient (Wildman–Crippen LogP) is 5.06. The van der Waals surface area contributed by atoms with Crippen LogP contribution in [0.2, 0.25) is 5.02 Å². The van der Waals surface area contributed by atoms with Gasteiger partial charge in [-0.1, -0.05) is 42.3 Å². The van der Waals surface area contributed by atoms with Crippen LogP contribution in [0.1, 0.15) is 30.0 Å². The molecule has 3 nitrogen and oxygen atoms in total. The molecule has 0 bridgehead atoms. The number of rotatable bonds is 5. The minimum absolute atomic E-state index is 0.169. The van der Waals surface area contributed by atoms with Gasteiger partial charge in [-0.2, -0.15) is 0 Å². The second-order valence-electron chi connectivity index (χ2n) is 5.73. The molecule has 2 aromatic carbocycles. The molecule has 2 rings (SSSR count). The largest absolute Gasteiger partial charge is 0.480 e. The van der Waals surface area contributed by atoms with Crippen LogP contribution >= 0.6 is 11.6 Å². The Morgan fingerprint density at radius 3 is 2.52 bits per heavy atom. The van der Waals surface area contributed by atoms with Gasteiger partial charge in [0.15, 0.2) is 6.10 Å². The van der Waals surface area contributed by atoms with Crippen LogP contribution < -0.4 is 10.1 Å². The summed E-state index contributed by atoms with van der Waals surface area (Å²) < 4.78 is 5.91. The zero-order chi connectivity index (χ0) is 17.0. The lowest BCUT2D eigenvalue weighted by Gasteiger charge is -2.19. The van der Waals surface area contributed by atoms with Gasteiger partial charge in [0.25, 0.3) is 5.91 Å². The van der Waals surface area contributed by atoms with Gasteiger partial charge < -0.3 is 10.1 Å². The number of amides is 1. The van der Waals surface area contributed by atoms with Crippen molar-refractivity contribution in [2.45, 2.75) is 40.2 Å². The van der Waals surface area contributed by atoms with Gasteiger partial charge >= 0.3 is 0 Å². The van der Waals surface area contributed by atoms with Crippen molar-refractivity contribution in [1.82, 2.24) is 0 Å². The zero-order valence-electron chi connectivity index (χ0n) is 13.9. The highest BCUT2D eigenvalue weighted by molar-refractivity contribution is 6.31. The molecular weight excluding hydrogens is 310 g/mol. The smallest absolute Gasteiger partial charge is 0.265 e. The minimum atomic E-state index is -0.546. The molecular formula is C19H22ClNO2. The molecule has 0 saturated carbocycles. The third kappa shape index (κ3) is 4.49. The number of hydrogen-bond acceptors (Lipinski definition) is 2. The van der Waals surface area contributed by atoms with Gasteiger partial charge in [-0.05, 0) is 56.5 Å². The first kappa shape index (κ1) is 17.4. The van der Waals surface area contributed by atoms with Crippen molar-refractivity contribution in [2.75, 3.05) is 5.32 Å². The van der Waals surface area contributed by atoms with Gasteiger partial charge in [-0.25, -0.2) is 0 Å². The summed E-state index contributed by atoms with van der Waals surface area (Å²) in [6, 6.07) is 11.4. The second kappa shape index (κ2) is 7.51. The van der Waals surface area contributed by atoms with E-state index in [4.69, 9.17) is 16.3 Å². The number of carbonyl (C=O) groups is 1. The minimum Gasteiger partial charge on any atom is -0.480 e. The third-order valence-corrected chi connectivity index (χ3v) is 3.96. The van der Waals surface area contributed by atoms with Crippen molar-refractivity contribution in [2.24, 2.45) is 0 Å². The van der Waals surface area contributed by atoms with E-state index in [0.29, 0.717) is 17.1 Å². The average molecular weight is 332 g/mol. The molecule has 0 aliphatic rings. The van der Waals surface area contributed by atoms with Crippen LogP contribution in [-0.2, 0) is 4.79 Å². The molecule has 4 heteroatoms. The number of halogens is 1. The normalized spacial score (nSPS) is 11.9. The van der Waals surface area contributed by atoms with Crippen LogP contribution in [0.15, 0.2) is 36.4 Å². The lowest BCUT2D eigenvalue weighted by Crippen LogP contribution is -2.32. The summed E-state index contributed by atoms with van der Waals surface area (Å²) in [5.41, 5.74) is 3.87. The Labute approximate surface area is 142 Å². The maximum Gasteiger partial charge on any atom is 0.265 e. The molecule has 0 spiro atoms. The van der Waals surface area contributed by atoms with Crippen molar-refractivity contribution >= 4 is 23.2 Å². The van der Waals surface area contributed by atoms with Crippen molar-refractivity contribution < 1.29 is 9.53 Å². The fraction of sp³-hybridized carbons (Fsp3) is 0.316. The molecule has 23 heavy (non-hydrogen) atoms. The molecule has 0 fully saturated rings. The van der Waals surface area contributed by atoms with Crippen LogP contribution in [0.4, 0.5) is 5.69 Å². The Morgan fingerprint density at radius 2 is 1.87 bits per heavy atom. The van der Waals surface area contributed by atoms with Gasteiger partial charge in [0.1, 0.15) is 5.75 Å². The molecule has 0 aromatic heterocycles. The van der Waals surface area contributed by atoms with Crippen LogP contribution in [0.3, 0.4) is 0 Å². The summed E-state index contributed by atoms with van der Waals surface area (Å²) in [5, 5.41) is 3.50. The van der Waals surface area contributed by atoms with E-state index in [1.807, 2.05) is 52.0 Å². The fourth-order valence-electron chi connectivity index (χ4n) is 2.35. The molecule has 1 amide bonds. The maximum absolute atomic E-state index is 12.5. The third-order valence-electron chi connectivity index (χ3n) is 3.72. The highest BCUT2D eigenvalue weighted by atomic mass is 35.5. The molecule has 1 atom stereocenters. The first-order valence-corrected chi connectivity index (χ1v) is 8.09. The van der Waals surface area contributed by atoms with E-state index in [2.05, 4.69) is 5.32 Å². The van der Waals surface area contributed by atoms with Crippen molar-refractivity contribution in [3.8, 4) is 5.75 Å². The van der Waals surface area contributed by atoms with Crippen LogP contribution in [0, 0.1) is 20.8 Å². The van der Waals surface area contributed by atoms with Gasteiger partial charge in [0.05, 0.1) is 0 Å². The van der Waals surface area contributed by atoms with E-state index < -0.39 is 6.10 Å². The monoisotopic (exact) mass is 331 g/mol. The number of hydrogen-bond donors (Lipinski definition) is 1. The van der Waals surface area contributed by atoms with Gasteiger partial charge in [-0.15, -0.1) is 0 Å². The van der Waals surface area contributed by atoms with E-state index in [1.165, 1.54) is 5.56 Å². The summed E-state index contributed by atoms with van der Waals surface area (Å²) >= 11 is 6.00. The van der Waals surface area contributed by atoms with Gasteiger partial charge in [-0.3, -0.25) is 4.79 Å². The number of carbonyl (C=O) groups excluding carboxylic acids is 1. The van der Waals surface area contributed by atoms with E-state index in [1.54, 1.807) is 12.1 Å². The number of anilines is 1. The van der Waals surface area contributed by atoms with Gasteiger partial charge in [0, 0.05) is 10.7 Å². The van der Waals surface area contributed by atoms with Crippen molar-refractivity contribution in [1.29, 1.82) is 0 Å². The SMILES string of the molecule is CC[C@@H](Oc1ccc(C)cc1C)C(=O)Nc1cc(Cl)ccc1C. The Morgan fingerprint density at radius 1 is 1.13 bits per heavy atom. The molecule has 0 aliphatic carbocycles. The highest BCUT2D eigenvalue weighted by Crippen LogP contribution is 2.23. The summed E-state index contributed by atoms with van der Waals surface area (Å²) in [5.74, 6) is 0.568. The molecule has 0 heterocycles. The average Bonchev–Trinajstić information content (AvgIpc) is 2.50. The van der Waals surface area contributed by atoms with E-state index in [0.717, 1.165) is 16.9 Å². The lowest BCUT2D eigenvalue weighted by atomic mass is 10.1. The van der Waals surface area contributed by atoms with Crippen molar-refractivity contribution in [3.63, 3.8) is 0 Å². The zero-order valence-corrected chi connectivity index (χ0v) is 14.7. The quantitative estimate of drug-likeness (QED) is 0.831. The molecule has 2 aromatic rings. The van der Waals surface area contributed by atoms with E-state index >= 15 is 0 Å². The fourth-order valence-corrected chi connectivity index (χ4v) is 2.52. The highest BCUT2D eigenvalue weighted by Gasteiger charge is 2.20. The van der Waals surface area contributed by atoms with Crippen LogP contribution in [-0.4, -0.2) is 12.0 Å². The molecule has 0 saturated heterocycles. The Bertz CT molecular complexity index is 713. The molecule has 122 valence electrons. The second-order valence-corrected chi connectivity index (χ2v) is 6.17. The number of nitrogens with one attached hydrogen (secondary N) is 1. The number of aryl methyl sites for hydroxylation is 3. The first-order chi connectivity index (χ1) is 10.9. The molecule has 1 N–H and O–H groups in total. The van der Waals surface area contributed by atoms with Crippen molar-refractivity contribution in [3.05, 3.63) is 58.1 Å². The van der Waals surface area contributed by atoms with E-state index in [9.17, 15) is 4.79 Å². The van der Waals surface area contributed by atoms with Crippen LogP contribution in [0.5, 0.6) is 5.75 Å². The van der Waals surface area contributed by atoms with E-state index in [-0.39, 0.29) is 5.91 Å². The molecule has 0 aliphatic heterocycles. The standard InChI is InChI=1S/C19H22ClNO2/c1-5-17(23-18-9-6-12(2)10-14(18)4)19(22)21-16-11-15(20)8-7-13(16)3/h6-11,17H,5H2,1-4H3,(H,21,22)/t17-/m1/s1. The Kier molecular flexibility index (Phi) is 5.67. The first-order valence-electron chi connectivity index (χ1n) is 7.71. The van der Waals surface area contributed by atoms with Gasteiger partial charge in [0.2, 0.25) is 0 Å². The summed E-state index contributed by atoms with van der Waals surface area (Å²) in [4.78, 5) is 12.5. The summed E-state index contributed by atoms with van der Waals surface area (Å²) in [6.45, 7) is 7.87. The lowest BCUT2D eigenvalue weighted by molar-refractivity contribution is -0.122. The topological polar surface area (TPSA) is 38.3 Å². The number of ether oxygens (including phenoxy) is 1. The summed E-state index contributed by atoms with van der Waals surface area (Å²) in [7, 11) is 0. The molecule has 0 unspecified atom stereocenters.